The lowest BCUT2D eigenvalue weighted by Gasteiger charge is -2.37. The van der Waals surface area contributed by atoms with Crippen LogP contribution >= 0.6 is 0 Å². The number of rotatable bonds is 14. The number of aromatic amines is 1. The zero-order valence-electron chi connectivity index (χ0n) is 37.9. The summed E-state index contributed by atoms with van der Waals surface area (Å²) in [6.45, 7) is 16.1. The number of nitrogens with zero attached hydrogens (tertiary/aromatic N) is 9. The number of carbonyl (C=O) groups excluding carboxylic acids is 3. The molecule has 1 saturated heterocycles. The molecule has 2 aromatic carbocycles. The van der Waals surface area contributed by atoms with E-state index in [1.54, 1.807) is 6.33 Å². The van der Waals surface area contributed by atoms with E-state index in [0.29, 0.717) is 31.2 Å². The second-order valence-corrected chi connectivity index (χ2v) is 18.2. The molecule has 8 rings (SSSR count). The maximum absolute atomic E-state index is 12.8. The van der Waals surface area contributed by atoms with E-state index in [1.807, 2.05) is 63.5 Å². The van der Waals surface area contributed by atoms with E-state index in [9.17, 15) is 14.4 Å². The summed E-state index contributed by atoms with van der Waals surface area (Å²) in [4.78, 5) is 59.1. The highest BCUT2D eigenvalue weighted by atomic mass is 16.5. The molecular weight excluding hydrogens is 809 g/mol. The lowest BCUT2D eigenvalue weighted by atomic mass is 9.94. The minimum atomic E-state index is -0.410. The van der Waals surface area contributed by atoms with Crippen molar-refractivity contribution in [1.82, 2.24) is 50.4 Å². The topological polar surface area (TPSA) is 183 Å². The molecule has 2 aliphatic rings. The molecule has 3 N–H and O–H groups in total. The van der Waals surface area contributed by atoms with Crippen LogP contribution in [0.5, 0.6) is 0 Å². The third-order valence-corrected chi connectivity index (χ3v) is 12.6. The fourth-order valence-electron chi connectivity index (χ4n) is 8.83. The summed E-state index contributed by atoms with van der Waals surface area (Å²) in [7, 11) is 3.99. The number of anilines is 2. The second-order valence-electron chi connectivity index (χ2n) is 18.2. The Hall–Kier alpha value is -6.68. The van der Waals surface area contributed by atoms with Gasteiger partial charge in [0.25, 0.3) is 0 Å². The molecule has 334 valence electrons. The van der Waals surface area contributed by atoms with Gasteiger partial charge in [0, 0.05) is 99.6 Å². The lowest BCUT2D eigenvalue weighted by Crippen LogP contribution is -2.40. The molecule has 0 saturated carbocycles. The number of H-pyrrole nitrogens is 1. The zero-order valence-corrected chi connectivity index (χ0v) is 37.9. The maximum Gasteiger partial charge on any atom is 0.315 e. The van der Waals surface area contributed by atoms with Crippen LogP contribution in [0.25, 0.3) is 39.3 Å². The fraction of sp³-hybridized carbons (Fsp3) is 0.417. The molecule has 0 spiro atoms. The van der Waals surface area contributed by atoms with Crippen LogP contribution in [0.1, 0.15) is 85.3 Å². The van der Waals surface area contributed by atoms with Gasteiger partial charge in [-0.15, -0.1) is 0 Å². The predicted molar refractivity (Wildman–Crippen MR) is 248 cm³/mol. The molecule has 4 aromatic heterocycles. The number of imide groups is 1. The number of piperidine rings is 1. The van der Waals surface area contributed by atoms with Gasteiger partial charge in [0.05, 0.1) is 17.1 Å². The van der Waals surface area contributed by atoms with Crippen molar-refractivity contribution in [2.75, 3.05) is 56.1 Å². The Labute approximate surface area is 373 Å². The lowest BCUT2D eigenvalue weighted by molar-refractivity contribution is -0.125. The number of hydrogen-bond donors (Lipinski definition) is 3. The number of aryl methyl sites for hydroxylation is 2. The van der Waals surface area contributed by atoms with Crippen LogP contribution in [0.15, 0.2) is 65.5 Å². The molecule has 2 aliphatic heterocycles. The number of nitrogens with one attached hydrogen (secondary N) is 3. The molecule has 0 bridgehead atoms. The van der Waals surface area contributed by atoms with Crippen molar-refractivity contribution in [3.8, 4) is 22.6 Å². The van der Waals surface area contributed by atoms with Crippen LogP contribution in [0, 0.1) is 19.8 Å². The minimum Gasteiger partial charge on any atom is -0.374 e. The Morgan fingerprint density at radius 2 is 1.80 bits per heavy atom. The number of fused-ring (bicyclic) bond motifs is 1. The fourth-order valence-corrected chi connectivity index (χ4v) is 8.83. The van der Waals surface area contributed by atoms with E-state index in [2.05, 4.69) is 89.9 Å². The quantitative estimate of drug-likeness (QED) is 0.103. The van der Waals surface area contributed by atoms with Gasteiger partial charge in [-0.05, 0) is 92.1 Å². The van der Waals surface area contributed by atoms with Crippen molar-refractivity contribution in [1.29, 1.82) is 0 Å². The summed E-state index contributed by atoms with van der Waals surface area (Å²) in [5.74, 6) is 0.419. The maximum atomic E-state index is 12.8. The molecule has 6 heterocycles. The summed E-state index contributed by atoms with van der Waals surface area (Å²) in [5, 5.41) is 15.0. The third kappa shape index (κ3) is 9.61. The van der Waals surface area contributed by atoms with Gasteiger partial charge in [-0.3, -0.25) is 29.3 Å². The number of hydrogen-bond acceptors (Lipinski definition) is 12. The number of aromatic nitrogens is 7. The van der Waals surface area contributed by atoms with E-state index >= 15 is 0 Å². The highest BCUT2D eigenvalue weighted by Crippen LogP contribution is 2.35. The summed E-state index contributed by atoms with van der Waals surface area (Å²) >= 11 is 0. The van der Waals surface area contributed by atoms with Gasteiger partial charge >= 0.3 is 11.8 Å². The van der Waals surface area contributed by atoms with Crippen LogP contribution in [-0.4, -0.2) is 104 Å². The van der Waals surface area contributed by atoms with Crippen molar-refractivity contribution >= 4 is 46.2 Å². The largest absolute Gasteiger partial charge is 0.374 e. The average Bonchev–Trinajstić information content (AvgIpc) is 4.03. The van der Waals surface area contributed by atoms with Crippen LogP contribution < -0.4 is 20.4 Å². The molecule has 0 aliphatic carbocycles. The van der Waals surface area contributed by atoms with E-state index in [4.69, 9.17) is 14.6 Å². The molecule has 0 radical (unpaired) electrons. The van der Waals surface area contributed by atoms with Crippen molar-refractivity contribution in [3.63, 3.8) is 0 Å². The molecule has 0 atom stereocenters. The van der Waals surface area contributed by atoms with Gasteiger partial charge in [0.15, 0.2) is 5.82 Å². The van der Waals surface area contributed by atoms with E-state index < -0.39 is 5.91 Å². The van der Waals surface area contributed by atoms with Crippen molar-refractivity contribution in [2.24, 2.45) is 13.0 Å². The Bertz CT molecular complexity index is 2680. The van der Waals surface area contributed by atoms with Crippen LogP contribution in [0.4, 0.5) is 11.4 Å². The standard InChI is InChI=1S/C48H58N12O4/c1-30-24-34(8-9-35(30)26-49-45(63)46-54-47(56-64-46)48(3,4)5)42-38-25-39(53-44(38)51-28-50-42)41-31(2)43(58(7)55-41)33-16-20-59(21-17-33)27-32-14-22-60(23-15-32)37-12-10-36(11-13-37)57(6)19-18-40(62)52-29-61/h8-13,16,24-25,28-29,32H,14-15,17-23,26-27H2,1-7H3,(H,49,63)(H,50,51,53)(H,52,61,62). The summed E-state index contributed by atoms with van der Waals surface area (Å²) in [6.07, 6.45) is 7.96. The van der Waals surface area contributed by atoms with E-state index in [1.165, 1.54) is 17.0 Å². The third-order valence-electron chi connectivity index (χ3n) is 12.6. The van der Waals surface area contributed by atoms with E-state index in [-0.39, 0.29) is 23.6 Å². The molecule has 1 fully saturated rings. The monoisotopic (exact) mass is 866 g/mol. The Balaban J connectivity index is 0.867. The van der Waals surface area contributed by atoms with Crippen LogP contribution in [0.3, 0.4) is 0 Å². The predicted octanol–water partition coefficient (Wildman–Crippen LogP) is 6.36. The smallest absolute Gasteiger partial charge is 0.315 e. The first-order valence-corrected chi connectivity index (χ1v) is 22.1. The molecule has 6 aromatic rings. The number of carbonyl (C=O) groups is 3. The number of amides is 3. The van der Waals surface area contributed by atoms with Crippen molar-refractivity contribution < 1.29 is 18.9 Å². The minimum absolute atomic E-state index is 0.0477. The molecule has 3 amide bonds. The second kappa shape index (κ2) is 18.6. The molecular formula is C48H58N12O4. The SMILES string of the molecule is Cc1cc(-c2ncnc3[nH]c(-c4nn(C)c(C5=CCN(CC6CCN(c7ccc(N(C)CCC(=O)NC=O)cc7)CC6)CC5)c4C)cc23)ccc1CNC(=O)c1nc(C(C)(C)C)no1. The van der Waals surface area contributed by atoms with E-state index in [0.717, 1.165) is 108 Å². The van der Waals surface area contributed by atoms with Gasteiger partial charge in [0.1, 0.15) is 17.7 Å². The van der Waals surface area contributed by atoms with Gasteiger partial charge in [-0.1, -0.05) is 44.1 Å². The van der Waals surface area contributed by atoms with Crippen LogP contribution in [0.2, 0.25) is 0 Å². The molecule has 64 heavy (non-hydrogen) atoms. The summed E-state index contributed by atoms with van der Waals surface area (Å²) < 4.78 is 7.23. The summed E-state index contributed by atoms with van der Waals surface area (Å²) in [5.41, 5.74) is 11.9. The Morgan fingerprint density at radius 3 is 2.48 bits per heavy atom. The van der Waals surface area contributed by atoms with Gasteiger partial charge in [-0.25, -0.2) is 9.97 Å². The Morgan fingerprint density at radius 1 is 1.02 bits per heavy atom. The van der Waals surface area contributed by atoms with Gasteiger partial charge in [-0.2, -0.15) is 10.1 Å². The highest BCUT2D eigenvalue weighted by Gasteiger charge is 2.27. The van der Waals surface area contributed by atoms with Crippen LogP contribution in [-0.2, 0) is 28.6 Å². The first kappa shape index (κ1) is 43.9. The molecule has 0 unspecified atom stereocenters. The first-order chi connectivity index (χ1) is 30.7. The molecule has 16 heteroatoms. The normalized spacial score (nSPS) is 15.0. The van der Waals surface area contributed by atoms with Gasteiger partial charge in [0.2, 0.25) is 12.3 Å². The highest BCUT2D eigenvalue weighted by molar-refractivity contribution is 5.94. The zero-order chi connectivity index (χ0) is 45.1. The molecule has 16 nitrogen and oxygen atoms in total. The summed E-state index contributed by atoms with van der Waals surface area (Å²) in [6, 6.07) is 16.8. The van der Waals surface area contributed by atoms with Crippen molar-refractivity contribution in [2.45, 2.75) is 72.3 Å². The van der Waals surface area contributed by atoms with Crippen molar-refractivity contribution in [3.05, 3.63) is 95.0 Å². The average molecular weight is 867 g/mol. The Kier molecular flexibility index (Phi) is 12.8. The number of benzene rings is 2. The van der Waals surface area contributed by atoms with Gasteiger partial charge < -0.3 is 24.6 Å². The first-order valence-electron chi connectivity index (χ1n) is 22.1.